The van der Waals surface area contributed by atoms with Crippen LogP contribution in [0.15, 0.2) is 0 Å². The highest BCUT2D eigenvalue weighted by Crippen LogP contribution is 2.45. The van der Waals surface area contributed by atoms with Gasteiger partial charge in [0, 0.05) is 25.7 Å². The van der Waals surface area contributed by atoms with Gasteiger partial charge in [0.05, 0.1) is 26.4 Å². The first kappa shape index (κ1) is 93.1. The molecule has 7 atom stereocenters. The van der Waals surface area contributed by atoms with Gasteiger partial charge in [-0.2, -0.15) is 0 Å². The second-order valence-corrected chi connectivity index (χ2v) is 31.3. The highest BCUT2D eigenvalue weighted by molar-refractivity contribution is 7.47. The van der Waals surface area contributed by atoms with Crippen molar-refractivity contribution in [2.24, 2.45) is 17.8 Å². The number of aliphatic hydroxyl groups excluding tert-OH is 1. The first-order chi connectivity index (χ1) is 45.8. The van der Waals surface area contributed by atoms with E-state index in [0.717, 1.165) is 114 Å². The van der Waals surface area contributed by atoms with Crippen LogP contribution in [0, 0.1) is 17.8 Å². The van der Waals surface area contributed by atoms with E-state index in [1.165, 1.54) is 193 Å². The number of ether oxygens (including phenoxy) is 4. The quantitative estimate of drug-likeness (QED) is 0.0222. The highest BCUT2D eigenvalue weighted by Gasteiger charge is 2.30. The van der Waals surface area contributed by atoms with Crippen molar-refractivity contribution in [2.75, 3.05) is 39.6 Å². The molecule has 4 unspecified atom stereocenters. The summed E-state index contributed by atoms with van der Waals surface area (Å²) in [6, 6.07) is 0. The summed E-state index contributed by atoms with van der Waals surface area (Å²) < 4.78 is 68.4. The van der Waals surface area contributed by atoms with Crippen LogP contribution < -0.4 is 0 Å². The molecular weight excluding hydrogens is 1250 g/mol. The summed E-state index contributed by atoms with van der Waals surface area (Å²) in [7, 11) is -9.91. The number of carbonyl (C=O) groups is 4. The van der Waals surface area contributed by atoms with E-state index in [1.807, 2.05) is 0 Å². The standard InChI is InChI=1S/C76H148O17P2/c1-8-11-12-13-14-36-43-50-57-73(78)86-63-71(93-76(81)60-53-46-39-32-31-33-40-47-54-67(4)5)65-90-94(82,83)88-61-70(77)62-89-95(84,85)91-66-72(64-87-74(79)58-51-44-37-29-26-25-28-35-42-49-56-69(7)10-3)92-75(80)59-52-45-38-30-24-22-20-18-16-15-17-19-21-23-27-34-41-48-55-68(6)9-2/h67-72,77H,8-66H2,1-7H3,(H,82,83)(H,84,85)/t68?,69?,70-,71+,72+/m0/s1. The van der Waals surface area contributed by atoms with Crippen LogP contribution in [0.5, 0.6) is 0 Å². The second-order valence-electron chi connectivity index (χ2n) is 28.4. The molecule has 17 nitrogen and oxygen atoms in total. The van der Waals surface area contributed by atoms with E-state index >= 15 is 0 Å². The van der Waals surface area contributed by atoms with Crippen molar-refractivity contribution in [1.82, 2.24) is 0 Å². The third-order valence-electron chi connectivity index (χ3n) is 18.4. The van der Waals surface area contributed by atoms with E-state index in [1.54, 1.807) is 0 Å². The van der Waals surface area contributed by atoms with Crippen molar-refractivity contribution in [2.45, 2.75) is 407 Å². The molecule has 0 spiro atoms. The summed E-state index contributed by atoms with van der Waals surface area (Å²) in [5, 5.41) is 10.6. The third kappa shape index (κ3) is 67.6. The smallest absolute Gasteiger partial charge is 0.462 e. The van der Waals surface area contributed by atoms with Crippen LogP contribution in [0.1, 0.15) is 389 Å². The molecule has 0 aliphatic carbocycles. The Labute approximate surface area is 581 Å². The van der Waals surface area contributed by atoms with Gasteiger partial charge in [0.25, 0.3) is 0 Å². The minimum absolute atomic E-state index is 0.104. The zero-order valence-corrected chi connectivity index (χ0v) is 63.9. The third-order valence-corrected chi connectivity index (χ3v) is 20.3. The molecule has 0 aliphatic rings. The molecule has 95 heavy (non-hydrogen) atoms. The van der Waals surface area contributed by atoms with Crippen molar-refractivity contribution in [3.05, 3.63) is 0 Å². The lowest BCUT2D eigenvalue weighted by Gasteiger charge is -2.21. The number of rotatable bonds is 74. The van der Waals surface area contributed by atoms with Crippen molar-refractivity contribution >= 4 is 39.5 Å². The number of hydrogen-bond acceptors (Lipinski definition) is 15. The lowest BCUT2D eigenvalue weighted by molar-refractivity contribution is -0.161. The minimum Gasteiger partial charge on any atom is -0.462 e. The molecule has 0 bridgehead atoms. The van der Waals surface area contributed by atoms with Gasteiger partial charge in [-0.1, -0.05) is 337 Å². The van der Waals surface area contributed by atoms with Crippen LogP contribution in [-0.2, 0) is 65.4 Å². The zero-order valence-electron chi connectivity index (χ0n) is 62.1. The Morgan fingerprint density at radius 3 is 0.800 bits per heavy atom. The Morgan fingerprint density at radius 1 is 0.305 bits per heavy atom. The number of phosphoric acid groups is 2. The fraction of sp³-hybridized carbons (Fsp3) is 0.947. The Bertz CT molecular complexity index is 1860. The average Bonchev–Trinajstić information content (AvgIpc) is 1.74. The Kier molecular flexibility index (Phi) is 65.2. The molecular formula is C76H148O17P2. The lowest BCUT2D eigenvalue weighted by Crippen LogP contribution is -2.30. The van der Waals surface area contributed by atoms with Crippen LogP contribution in [-0.4, -0.2) is 96.7 Å². The molecule has 0 radical (unpaired) electrons. The largest absolute Gasteiger partial charge is 0.472 e. The van der Waals surface area contributed by atoms with E-state index in [-0.39, 0.29) is 25.7 Å². The van der Waals surface area contributed by atoms with Crippen molar-refractivity contribution in [3.8, 4) is 0 Å². The number of aliphatic hydroxyl groups is 1. The Hall–Kier alpha value is -1.94. The summed E-state index contributed by atoms with van der Waals surface area (Å²) in [6.07, 6.45) is 52.8. The van der Waals surface area contributed by atoms with Crippen LogP contribution in [0.25, 0.3) is 0 Å². The fourth-order valence-electron chi connectivity index (χ4n) is 11.5. The van der Waals surface area contributed by atoms with Gasteiger partial charge in [0.1, 0.15) is 19.3 Å². The predicted molar refractivity (Wildman–Crippen MR) is 386 cm³/mol. The van der Waals surface area contributed by atoms with E-state index in [4.69, 9.17) is 37.0 Å². The molecule has 0 aromatic carbocycles. The van der Waals surface area contributed by atoms with Gasteiger partial charge in [-0.25, -0.2) is 9.13 Å². The molecule has 564 valence electrons. The Morgan fingerprint density at radius 2 is 0.537 bits per heavy atom. The van der Waals surface area contributed by atoms with E-state index in [0.29, 0.717) is 25.7 Å². The molecule has 0 aliphatic heterocycles. The van der Waals surface area contributed by atoms with E-state index < -0.39 is 97.5 Å². The normalized spacial score (nSPS) is 14.6. The van der Waals surface area contributed by atoms with Gasteiger partial charge in [0.15, 0.2) is 12.2 Å². The number of hydrogen-bond donors (Lipinski definition) is 3. The predicted octanol–water partition coefficient (Wildman–Crippen LogP) is 22.2. The van der Waals surface area contributed by atoms with Gasteiger partial charge in [0.2, 0.25) is 0 Å². The fourth-order valence-corrected chi connectivity index (χ4v) is 13.1. The molecule has 0 aromatic heterocycles. The highest BCUT2D eigenvalue weighted by atomic mass is 31.2. The van der Waals surface area contributed by atoms with Gasteiger partial charge in [-0.05, 0) is 43.4 Å². The van der Waals surface area contributed by atoms with Crippen molar-refractivity contribution in [3.63, 3.8) is 0 Å². The number of esters is 4. The first-order valence-electron chi connectivity index (χ1n) is 39.4. The van der Waals surface area contributed by atoms with Gasteiger partial charge in [-0.15, -0.1) is 0 Å². The lowest BCUT2D eigenvalue weighted by atomic mass is 9.99. The number of phosphoric ester groups is 2. The van der Waals surface area contributed by atoms with Gasteiger partial charge < -0.3 is 33.8 Å². The first-order valence-corrected chi connectivity index (χ1v) is 42.4. The number of unbranched alkanes of at least 4 members (excludes halogenated alkanes) is 40. The molecule has 0 aromatic rings. The summed E-state index contributed by atoms with van der Waals surface area (Å²) in [4.78, 5) is 72.7. The number of carbonyl (C=O) groups excluding carboxylic acids is 4. The summed E-state index contributed by atoms with van der Waals surface area (Å²) in [5.74, 6) is 0.276. The van der Waals surface area contributed by atoms with Crippen LogP contribution in [0.3, 0.4) is 0 Å². The zero-order chi connectivity index (χ0) is 70.1. The molecule has 3 N–H and O–H groups in total. The summed E-state index contributed by atoms with van der Waals surface area (Å²) >= 11 is 0. The monoisotopic (exact) mass is 1400 g/mol. The van der Waals surface area contributed by atoms with Gasteiger partial charge >= 0.3 is 39.5 Å². The maximum atomic E-state index is 13.1. The van der Waals surface area contributed by atoms with Crippen molar-refractivity contribution in [1.29, 1.82) is 0 Å². The maximum Gasteiger partial charge on any atom is 0.472 e. The molecule has 19 heteroatoms. The maximum absolute atomic E-state index is 13.1. The summed E-state index contributed by atoms with van der Waals surface area (Å²) in [5.41, 5.74) is 0. The van der Waals surface area contributed by atoms with Crippen LogP contribution in [0.2, 0.25) is 0 Å². The molecule has 0 heterocycles. The minimum atomic E-state index is -4.96. The molecule has 0 saturated carbocycles. The molecule has 0 amide bonds. The topological polar surface area (TPSA) is 237 Å². The Balaban J connectivity index is 5.17. The average molecular weight is 1400 g/mol. The van der Waals surface area contributed by atoms with E-state index in [9.17, 15) is 43.2 Å². The van der Waals surface area contributed by atoms with Gasteiger partial charge in [-0.3, -0.25) is 37.3 Å². The SMILES string of the molecule is CCCCCCCCCCC(=O)OC[C@H](COP(=O)(O)OC[C@H](O)COP(=O)(O)OC[C@@H](COC(=O)CCCCCCCCCCCCC(C)CC)OC(=O)CCCCCCCCCCCCCCCCCCCCC(C)CC)OC(=O)CCCCCCCCCCC(C)C. The van der Waals surface area contributed by atoms with E-state index in [2.05, 4.69) is 48.5 Å². The van der Waals surface area contributed by atoms with Crippen LogP contribution in [0.4, 0.5) is 0 Å². The summed E-state index contributed by atoms with van der Waals surface area (Å²) in [6.45, 7) is 11.9. The second kappa shape index (κ2) is 66.6. The molecule has 0 fully saturated rings. The van der Waals surface area contributed by atoms with Crippen molar-refractivity contribution < 1.29 is 80.2 Å². The van der Waals surface area contributed by atoms with Crippen LogP contribution >= 0.6 is 15.6 Å². The molecule has 0 rings (SSSR count). The molecule has 0 saturated heterocycles.